The number of hydrogen-bond acceptors (Lipinski definition) is 4. The molecule has 2 heterocycles. The minimum absolute atomic E-state index is 0.0902. The predicted octanol–water partition coefficient (Wildman–Crippen LogP) is 1.44. The predicted molar refractivity (Wildman–Crippen MR) is 78.1 cm³/mol. The van der Waals surface area contributed by atoms with E-state index in [9.17, 15) is 4.79 Å². The third-order valence-corrected chi connectivity index (χ3v) is 3.68. The molecule has 3 N–H and O–H groups in total. The molecule has 1 aliphatic heterocycles. The summed E-state index contributed by atoms with van der Waals surface area (Å²) >= 11 is 0. The van der Waals surface area contributed by atoms with Gasteiger partial charge in [0.25, 0.3) is 0 Å². The lowest BCUT2D eigenvalue weighted by atomic mass is 10.1. The summed E-state index contributed by atoms with van der Waals surface area (Å²) in [7, 11) is 0. The number of nitrogens with zero attached hydrogens (tertiary/aromatic N) is 1. The van der Waals surface area contributed by atoms with Crippen molar-refractivity contribution >= 4 is 5.91 Å². The van der Waals surface area contributed by atoms with Crippen LogP contribution in [0.1, 0.15) is 31.1 Å². The number of nitrogens with one attached hydrogen (secondary N) is 1. The van der Waals surface area contributed by atoms with E-state index in [1.54, 1.807) is 12.3 Å². The first-order chi connectivity index (χ1) is 9.72. The molecule has 2 rings (SSSR count). The van der Waals surface area contributed by atoms with E-state index in [4.69, 9.17) is 10.2 Å². The fraction of sp³-hybridized carbons (Fsp3) is 0.533. The van der Waals surface area contributed by atoms with E-state index in [0.29, 0.717) is 13.0 Å². The van der Waals surface area contributed by atoms with Crippen LogP contribution in [0.15, 0.2) is 35.5 Å². The number of nitrogens with two attached hydrogens (primary N) is 1. The molecule has 1 saturated heterocycles. The molecule has 110 valence electrons. The molecule has 0 spiro atoms. The van der Waals surface area contributed by atoms with Crippen molar-refractivity contribution in [3.05, 3.63) is 36.8 Å². The number of amides is 1. The van der Waals surface area contributed by atoms with Crippen LogP contribution in [0.5, 0.6) is 0 Å². The summed E-state index contributed by atoms with van der Waals surface area (Å²) in [6.07, 6.45) is 6.21. The van der Waals surface area contributed by atoms with Crippen LogP contribution in [0, 0.1) is 0 Å². The summed E-state index contributed by atoms with van der Waals surface area (Å²) in [5.74, 6) is 0.755. The van der Waals surface area contributed by atoms with Gasteiger partial charge in [0.1, 0.15) is 5.76 Å². The highest BCUT2D eigenvalue weighted by Gasteiger charge is 2.26. The molecule has 5 heteroatoms. The number of furan rings is 1. The van der Waals surface area contributed by atoms with Crippen molar-refractivity contribution in [1.82, 2.24) is 10.2 Å². The molecule has 1 fully saturated rings. The molecule has 5 nitrogen and oxygen atoms in total. The van der Waals surface area contributed by atoms with Crippen molar-refractivity contribution in [2.75, 3.05) is 19.6 Å². The zero-order valence-electron chi connectivity index (χ0n) is 11.8. The maximum atomic E-state index is 11.9. The van der Waals surface area contributed by atoms with Gasteiger partial charge in [0, 0.05) is 6.54 Å². The molecule has 1 aromatic heterocycles. The van der Waals surface area contributed by atoms with E-state index in [1.165, 1.54) is 12.8 Å². The fourth-order valence-electron chi connectivity index (χ4n) is 2.56. The Bertz CT molecular complexity index is 424. The van der Waals surface area contributed by atoms with Crippen molar-refractivity contribution in [3.8, 4) is 0 Å². The largest absolute Gasteiger partial charge is 0.468 e. The lowest BCUT2D eigenvalue weighted by Gasteiger charge is -2.26. The first kappa shape index (κ1) is 14.8. The maximum Gasteiger partial charge on any atom is 0.237 e. The van der Waals surface area contributed by atoms with Gasteiger partial charge in [0.15, 0.2) is 0 Å². The van der Waals surface area contributed by atoms with Gasteiger partial charge >= 0.3 is 0 Å². The van der Waals surface area contributed by atoms with E-state index < -0.39 is 6.04 Å². The van der Waals surface area contributed by atoms with Gasteiger partial charge in [0.05, 0.1) is 18.3 Å². The topological polar surface area (TPSA) is 71.5 Å². The molecule has 0 aliphatic carbocycles. The SMILES string of the molecule is C=CCC(N)C(=O)NCC(c1ccco1)N1CCCC1. The zero-order valence-corrected chi connectivity index (χ0v) is 11.8. The number of carbonyl (C=O) groups excluding carboxylic acids is 1. The first-order valence-corrected chi connectivity index (χ1v) is 7.14. The lowest BCUT2D eigenvalue weighted by Crippen LogP contribution is -2.44. The van der Waals surface area contributed by atoms with Crippen LogP contribution in [0.25, 0.3) is 0 Å². The van der Waals surface area contributed by atoms with Gasteiger partial charge in [-0.05, 0) is 44.5 Å². The summed E-state index contributed by atoms with van der Waals surface area (Å²) in [6.45, 7) is 6.21. The second-order valence-corrected chi connectivity index (χ2v) is 5.15. The number of likely N-dealkylation sites (tertiary alicyclic amines) is 1. The van der Waals surface area contributed by atoms with E-state index in [-0.39, 0.29) is 11.9 Å². The van der Waals surface area contributed by atoms with Crippen LogP contribution in [-0.2, 0) is 4.79 Å². The van der Waals surface area contributed by atoms with Gasteiger partial charge in [-0.1, -0.05) is 6.08 Å². The summed E-state index contributed by atoms with van der Waals surface area (Å²) < 4.78 is 5.51. The summed E-state index contributed by atoms with van der Waals surface area (Å²) in [6, 6.07) is 3.40. The normalized spacial score (nSPS) is 18.6. The van der Waals surface area contributed by atoms with Crippen molar-refractivity contribution in [1.29, 1.82) is 0 Å². The maximum absolute atomic E-state index is 11.9. The molecular formula is C15H23N3O2. The van der Waals surface area contributed by atoms with Gasteiger partial charge in [-0.15, -0.1) is 6.58 Å². The number of carbonyl (C=O) groups is 1. The van der Waals surface area contributed by atoms with Gasteiger partial charge in [-0.25, -0.2) is 0 Å². The highest BCUT2D eigenvalue weighted by molar-refractivity contribution is 5.81. The molecule has 0 aromatic carbocycles. The molecular weight excluding hydrogens is 254 g/mol. The highest BCUT2D eigenvalue weighted by Crippen LogP contribution is 2.24. The third-order valence-electron chi connectivity index (χ3n) is 3.68. The smallest absolute Gasteiger partial charge is 0.237 e. The standard InChI is InChI=1S/C15H23N3O2/c1-2-6-12(16)15(19)17-11-13(14-7-5-10-20-14)18-8-3-4-9-18/h2,5,7,10,12-13H,1,3-4,6,8-9,11,16H2,(H,17,19). The molecule has 1 aliphatic rings. The molecule has 1 amide bonds. The first-order valence-electron chi connectivity index (χ1n) is 7.14. The van der Waals surface area contributed by atoms with Crippen LogP contribution < -0.4 is 11.1 Å². The Kier molecular flexibility index (Phi) is 5.38. The van der Waals surface area contributed by atoms with Crippen LogP contribution in [-0.4, -0.2) is 36.5 Å². The molecule has 0 bridgehead atoms. The minimum Gasteiger partial charge on any atom is -0.468 e. The molecule has 1 aromatic rings. The Morgan fingerprint density at radius 1 is 1.55 bits per heavy atom. The van der Waals surface area contributed by atoms with Gasteiger partial charge in [-0.2, -0.15) is 0 Å². The fourth-order valence-corrected chi connectivity index (χ4v) is 2.56. The van der Waals surface area contributed by atoms with E-state index >= 15 is 0 Å². The van der Waals surface area contributed by atoms with Crippen molar-refractivity contribution in [2.45, 2.75) is 31.3 Å². The van der Waals surface area contributed by atoms with Crippen LogP contribution in [0.4, 0.5) is 0 Å². The molecule has 0 radical (unpaired) electrons. The van der Waals surface area contributed by atoms with Crippen LogP contribution in [0.2, 0.25) is 0 Å². The van der Waals surface area contributed by atoms with Crippen molar-refractivity contribution in [3.63, 3.8) is 0 Å². The second-order valence-electron chi connectivity index (χ2n) is 5.15. The summed E-state index contributed by atoms with van der Waals surface area (Å²) in [5, 5.41) is 2.92. The Morgan fingerprint density at radius 2 is 2.30 bits per heavy atom. The van der Waals surface area contributed by atoms with Gasteiger partial charge < -0.3 is 15.5 Å². The van der Waals surface area contributed by atoms with Gasteiger partial charge in [-0.3, -0.25) is 9.69 Å². The van der Waals surface area contributed by atoms with Crippen molar-refractivity contribution in [2.24, 2.45) is 5.73 Å². The number of rotatable bonds is 7. The highest BCUT2D eigenvalue weighted by atomic mass is 16.3. The average Bonchev–Trinajstić information content (AvgIpc) is 3.12. The average molecular weight is 277 g/mol. The Morgan fingerprint density at radius 3 is 2.90 bits per heavy atom. The summed E-state index contributed by atoms with van der Waals surface area (Å²) in [4.78, 5) is 14.2. The molecule has 2 atom stereocenters. The molecule has 20 heavy (non-hydrogen) atoms. The molecule has 2 unspecified atom stereocenters. The third kappa shape index (κ3) is 3.71. The van der Waals surface area contributed by atoms with E-state index in [1.807, 2.05) is 12.1 Å². The minimum atomic E-state index is -0.525. The quantitative estimate of drug-likeness (QED) is 0.740. The zero-order chi connectivity index (χ0) is 14.4. The number of hydrogen-bond donors (Lipinski definition) is 2. The van der Waals surface area contributed by atoms with E-state index in [2.05, 4.69) is 16.8 Å². The Hall–Kier alpha value is -1.59. The summed E-state index contributed by atoms with van der Waals surface area (Å²) in [5.41, 5.74) is 5.77. The van der Waals surface area contributed by atoms with Crippen LogP contribution >= 0.6 is 0 Å². The Balaban J connectivity index is 1.94. The van der Waals surface area contributed by atoms with Crippen LogP contribution in [0.3, 0.4) is 0 Å². The molecule has 0 saturated carbocycles. The lowest BCUT2D eigenvalue weighted by molar-refractivity contribution is -0.122. The van der Waals surface area contributed by atoms with E-state index in [0.717, 1.165) is 18.8 Å². The second kappa shape index (κ2) is 7.26. The van der Waals surface area contributed by atoms with Crippen molar-refractivity contribution < 1.29 is 9.21 Å². The van der Waals surface area contributed by atoms with Gasteiger partial charge in [0.2, 0.25) is 5.91 Å². The Labute approximate surface area is 119 Å². The monoisotopic (exact) mass is 277 g/mol.